The molecule has 0 heterocycles. The number of ether oxygens (including phenoxy) is 1. The summed E-state index contributed by atoms with van der Waals surface area (Å²) in [6.07, 6.45) is -1.12. The van der Waals surface area contributed by atoms with Crippen molar-refractivity contribution in [3.05, 3.63) is 101 Å². The number of carbonyl (C=O) groups excluding carboxylic acids is 3. The van der Waals surface area contributed by atoms with E-state index in [4.69, 9.17) is 4.74 Å². The minimum absolute atomic E-state index is 0.0736. The Morgan fingerprint density at radius 3 is 2.10 bits per heavy atom. The second kappa shape index (κ2) is 9.13. The van der Waals surface area contributed by atoms with Gasteiger partial charge in [0, 0.05) is 16.8 Å². The molecule has 0 bridgehead atoms. The summed E-state index contributed by atoms with van der Waals surface area (Å²) in [5.74, 6) is -2.10. The van der Waals surface area contributed by atoms with Crippen molar-refractivity contribution in [1.29, 1.82) is 0 Å². The molecule has 0 aliphatic carbocycles. The van der Waals surface area contributed by atoms with Gasteiger partial charge in [0.05, 0.1) is 5.56 Å². The average molecular weight is 405 g/mol. The Kier molecular flexibility index (Phi) is 6.37. The zero-order valence-corrected chi connectivity index (χ0v) is 16.5. The van der Waals surface area contributed by atoms with E-state index in [0.717, 1.165) is 5.56 Å². The molecule has 0 saturated carbocycles. The number of amides is 1. The van der Waals surface area contributed by atoms with Gasteiger partial charge in [-0.1, -0.05) is 48.0 Å². The van der Waals surface area contributed by atoms with Crippen molar-refractivity contribution >= 4 is 23.3 Å². The first-order valence-electron chi connectivity index (χ1n) is 9.33. The molecule has 0 radical (unpaired) electrons. The number of ketones is 1. The lowest BCUT2D eigenvalue weighted by Gasteiger charge is -2.15. The van der Waals surface area contributed by atoms with E-state index in [2.05, 4.69) is 5.32 Å². The lowest BCUT2D eigenvalue weighted by Crippen LogP contribution is -2.30. The number of halogens is 1. The molecule has 3 rings (SSSR count). The van der Waals surface area contributed by atoms with Crippen molar-refractivity contribution in [2.45, 2.75) is 20.0 Å². The van der Waals surface area contributed by atoms with Crippen LogP contribution in [0.2, 0.25) is 0 Å². The van der Waals surface area contributed by atoms with E-state index in [-0.39, 0.29) is 16.9 Å². The van der Waals surface area contributed by atoms with Gasteiger partial charge >= 0.3 is 5.97 Å². The van der Waals surface area contributed by atoms with Gasteiger partial charge in [0.25, 0.3) is 5.91 Å². The van der Waals surface area contributed by atoms with Gasteiger partial charge in [0.1, 0.15) is 5.82 Å². The number of carbonyl (C=O) groups is 3. The largest absolute Gasteiger partial charge is 0.449 e. The van der Waals surface area contributed by atoms with Crippen LogP contribution >= 0.6 is 0 Å². The molecule has 1 atom stereocenters. The molecule has 0 saturated heterocycles. The Labute approximate surface area is 173 Å². The fraction of sp³-hybridized carbons (Fsp3) is 0.125. The summed E-state index contributed by atoms with van der Waals surface area (Å²) in [5.41, 5.74) is 2.10. The van der Waals surface area contributed by atoms with Crippen LogP contribution < -0.4 is 5.32 Å². The molecule has 3 aromatic rings. The highest BCUT2D eigenvalue weighted by Gasteiger charge is 2.23. The van der Waals surface area contributed by atoms with Crippen LogP contribution in [0.15, 0.2) is 72.8 Å². The van der Waals surface area contributed by atoms with Crippen molar-refractivity contribution < 1.29 is 23.5 Å². The third-order valence-electron chi connectivity index (χ3n) is 4.47. The number of anilines is 1. The van der Waals surface area contributed by atoms with Gasteiger partial charge in [-0.15, -0.1) is 0 Å². The molecule has 0 aliphatic heterocycles. The van der Waals surface area contributed by atoms with E-state index < -0.39 is 23.8 Å². The van der Waals surface area contributed by atoms with Crippen molar-refractivity contribution in [2.75, 3.05) is 5.32 Å². The molecule has 0 aromatic heterocycles. The highest BCUT2D eigenvalue weighted by Crippen LogP contribution is 2.17. The molecule has 152 valence electrons. The maximum Gasteiger partial charge on any atom is 0.339 e. The molecular formula is C24H20FNO4. The number of hydrogen-bond acceptors (Lipinski definition) is 4. The monoisotopic (exact) mass is 405 g/mol. The Balaban J connectivity index is 1.73. The average Bonchev–Trinajstić information content (AvgIpc) is 2.75. The predicted molar refractivity (Wildman–Crippen MR) is 111 cm³/mol. The summed E-state index contributed by atoms with van der Waals surface area (Å²) in [6, 6.07) is 18.5. The van der Waals surface area contributed by atoms with Crippen LogP contribution in [0.5, 0.6) is 0 Å². The Morgan fingerprint density at radius 2 is 1.47 bits per heavy atom. The van der Waals surface area contributed by atoms with Crippen LogP contribution in [-0.4, -0.2) is 23.8 Å². The Bertz CT molecular complexity index is 1080. The number of esters is 1. The third kappa shape index (κ3) is 4.97. The topological polar surface area (TPSA) is 72.5 Å². The van der Waals surface area contributed by atoms with Crippen molar-refractivity contribution in [3.63, 3.8) is 0 Å². The number of nitrogens with one attached hydrogen (secondary N) is 1. The van der Waals surface area contributed by atoms with Gasteiger partial charge in [-0.3, -0.25) is 9.59 Å². The normalized spacial score (nSPS) is 11.4. The van der Waals surface area contributed by atoms with Gasteiger partial charge in [-0.05, 0) is 44.2 Å². The van der Waals surface area contributed by atoms with E-state index in [1.165, 1.54) is 37.3 Å². The van der Waals surface area contributed by atoms with Crippen molar-refractivity contribution in [2.24, 2.45) is 0 Å². The Hall–Kier alpha value is -3.80. The molecule has 1 amide bonds. The first kappa shape index (κ1) is 20.9. The van der Waals surface area contributed by atoms with Crippen LogP contribution in [0.25, 0.3) is 0 Å². The molecule has 0 aliphatic rings. The van der Waals surface area contributed by atoms with Gasteiger partial charge < -0.3 is 10.1 Å². The second-order valence-corrected chi connectivity index (χ2v) is 6.78. The molecule has 6 heteroatoms. The second-order valence-electron chi connectivity index (χ2n) is 6.78. The number of benzene rings is 3. The molecule has 0 spiro atoms. The predicted octanol–water partition coefficient (Wildman–Crippen LogP) is 4.55. The fourth-order valence-electron chi connectivity index (χ4n) is 2.77. The minimum Gasteiger partial charge on any atom is -0.449 e. The molecule has 1 unspecified atom stereocenters. The lowest BCUT2D eigenvalue weighted by atomic mass is 9.98. The summed E-state index contributed by atoms with van der Waals surface area (Å²) in [5, 5.41) is 2.54. The van der Waals surface area contributed by atoms with Gasteiger partial charge in [0.2, 0.25) is 0 Å². The standard InChI is InChI=1S/C24H20FNO4/c1-15-7-9-17(10-8-15)22(27)20-5-3-4-6-21(20)24(29)30-16(2)23(28)26-19-13-11-18(25)12-14-19/h3-14,16H,1-2H3,(H,26,28). The molecule has 1 N–H and O–H groups in total. The quantitative estimate of drug-likeness (QED) is 0.482. The molecule has 3 aromatic carbocycles. The summed E-state index contributed by atoms with van der Waals surface area (Å²) in [4.78, 5) is 37.8. The smallest absolute Gasteiger partial charge is 0.339 e. The maximum absolute atomic E-state index is 13.0. The first-order valence-corrected chi connectivity index (χ1v) is 9.33. The summed E-state index contributed by atoms with van der Waals surface area (Å²) >= 11 is 0. The molecule has 5 nitrogen and oxygen atoms in total. The van der Waals surface area contributed by atoms with E-state index in [0.29, 0.717) is 11.3 Å². The van der Waals surface area contributed by atoms with E-state index >= 15 is 0 Å². The number of hydrogen-bond donors (Lipinski definition) is 1. The summed E-state index contributed by atoms with van der Waals surface area (Å²) < 4.78 is 18.2. The van der Waals surface area contributed by atoms with Crippen molar-refractivity contribution in [1.82, 2.24) is 0 Å². The van der Waals surface area contributed by atoms with E-state index in [9.17, 15) is 18.8 Å². The SMILES string of the molecule is Cc1ccc(C(=O)c2ccccc2C(=O)OC(C)C(=O)Nc2ccc(F)cc2)cc1. The van der Waals surface area contributed by atoms with Crippen LogP contribution in [0.1, 0.15) is 38.8 Å². The number of aryl methyl sites for hydroxylation is 1. The molecule has 0 fully saturated rings. The van der Waals surface area contributed by atoms with Crippen LogP contribution in [0.4, 0.5) is 10.1 Å². The Morgan fingerprint density at radius 1 is 0.867 bits per heavy atom. The van der Waals surface area contributed by atoms with E-state index in [1.807, 2.05) is 19.1 Å². The maximum atomic E-state index is 13.0. The zero-order chi connectivity index (χ0) is 21.7. The van der Waals surface area contributed by atoms with Crippen LogP contribution in [0, 0.1) is 12.7 Å². The summed E-state index contributed by atoms with van der Waals surface area (Å²) in [6.45, 7) is 3.33. The van der Waals surface area contributed by atoms with Crippen molar-refractivity contribution in [3.8, 4) is 0 Å². The minimum atomic E-state index is -1.12. The summed E-state index contributed by atoms with van der Waals surface area (Å²) in [7, 11) is 0. The zero-order valence-electron chi connectivity index (χ0n) is 16.5. The number of rotatable bonds is 6. The highest BCUT2D eigenvalue weighted by atomic mass is 19.1. The van der Waals surface area contributed by atoms with Crippen LogP contribution in [-0.2, 0) is 9.53 Å². The lowest BCUT2D eigenvalue weighted by molar-refractivity contribution is -0.123. The van der Waals surface area contributed by atoms with E-state index in [1.54, 1.807) is 30.3 Å². The van der Waals surface area contributed by atoms with Gasteiger partial charge in [-0.25, -0.2) is 9.18 Å². The molecular weight excluding hydrogens is 385 g/mol. The fourth-order valence-corrected chi connectivity index (χ4v) is 2.77. The molecule has 30 heavy (non-hydrogen) atoms. The van der Waals surface area contributed by atoms with Gasteiger partial charge in [0.15, 0.2) is 11.9 Å². The first-order chi connectivity index (χ1) is 14.3. The van der Waals surface area contributed by atoms with Gasteiger partial charge in [-0.2, -0.15) is 0 Å². The van der Waals surface area contributed by atoms with Crippen LogP contribution in [0.3, 0.4) is 0 Å². The third-order valence-corrected chi connectivity index (χ3v) is 4.47. The highest BCUT2D eigenvalue weighted by molar-refractivity contribution is 6.14.